The molecule has 0 spiro atoms. The summed E-state index contributed by atoms with van der Waals surface area (Å²) >= 11 is 9.51. The first-order chi connectivity index (χ1) is 8.58. The molecule has 0 amide bonds. The number of benzene rings is 1. The topological polar surface area (TPSA) is 41.6 Å². The Morgan fingerprint density at radius 3 is 2.67 bits per heavy atom. The fourth-order valence-corrected chi connectivity index (χ4v) is 2.27. The molecule has 18 heavy (non-hydrogen) atoms. The summed E-state index contributed by atoms with van der Waals surface area (Å²) in [6, 6.07) is 7.92. The largest absolute Gasteiger partial charge is 0.235 e. The van der Waals surface area contributed by atoms with Gasteiger partial charge in [-0.05, 0) is 31.5 Å². The van der Waals surface area contributed by atoms with Gasteiger partial charge in [0.2, 0.25) is 0 Å². The van der Waals surface area contributed by atoms with Crippen LogP contribution >= 0.6 is 27.5 Å². The van der Waals surface area contributed by atoms with E-state index in [2.05, 4.69) is 27.1 Å². The predicted molar refractivity (Wildman–Crippen MR) is 75.4 cm³/mol. The van der Waals surface area contributed by atoms with E-state index >= 15 is 0 Å². The molecule has 0 aliphatic rings. The number of rotatable bonds is 2. The van der Waals surface area contributed by atoms with Crippen molar-refractivity contribution in [3.63, 3.8) is 0 Å². The van der Waals surface area contributed by atoms with Crippen molar-refractivity contribution in [1.29, 1.82) is 5.26 Å². The highest BCUT2D eigenvalue weighted by atomic mass is 79.9. The predicted octanol–water partition coefficient (Wildman–Crippen LogP) is 3.91. The van der Waals surface area contributed by atoms with Crippen LogP contribution in [0.1, 0.15) is 22.5 Å². The van der Waals surface area contributed by atoms with Crippen LogP contribution in [0.25, 0.3) is 5.69 Å². The molecular weight excluding hydrogens is 314 g/mol. The van der Waals surface area contributed by atoms with Crippen molar-refractivity contribution in [2.75, 3.05) is 0 Å². The molecule has 0 unspecified atom stereocenters. The molecule has 0 saturated heterocycles. The van der Waals surface area contributed by atoms with Crippen molar-refractivity contribution in [2.45, 2.75) is 19.2 Å². The van der Waals surface area contributed by atoms with E-state index in [1.54, 1.807) is 4.68 Å². The number of nitriles is 1. The molecule has 0 radical (unpaired) electrons. The molecule has 2 rings (SSSR count). The minimum Gasteiger partial charge on any atom is -0.235 e. The van der Waals surface area contributed by atoms with E-state index in [-0.39, 0.29) is 0 Å². The Morgan fingerprint density at radius 1 is 1.44 bits per heavy atom. The van der Waals surface area contributed by atoms with Crippen LogP contribution in [0.4, 0.5) is 0 Å². The molecule has 0 saturated carbocycles. The normalized spacial score (nSPS) is 10.4. The van der Waals surface area contributed by atoms with Crippen molar-refractivity contribution in [3.8, 4) is 11.8 Å². The molecule has 0 aliphatic carbocycles. The average molecular weight is 325 g/mol. The summed E-state index contributed by atoms with van der Waals surface area (Å²) in [7, 11) is 0. The number of alkyl halides is 1. The van der Waals surface area contributed by atoms with E-state index < -0.39 is 0 Å². The van der Waals surface area contributed by atoms with Gasteiger partial charge in [-0.25, -0.2) is 4.68 Å². The molecule has 92 valence electrons. The number of aryl methyl sites for hydroxylation is 1. The van der Waals surface area contributed by atoms with Gasteiger partial charge in [0, 0.05) is 5.33 Å². The van der Waals surface area contributed by atoms with Crippen LogP contribution < -0.4 is 0 Å². The molecule has 3 nitrogen and oxygen atoms in total. The Morgan fingerprint density at radius 2 is 2.17 bits per heavy atom. The van der Waals surface area contributed by atoms with E-state index in [4.69, 9.17) is 11.6 Å². The standard InChI is InChI=1S/C13H11BrClN3/c1-8-13(15)9(2)18(17-8)12-4-3-10(6-14)5-11(12)7-16/h3-5H,6H2,1-2H3. The third kappa shape index (κ3) is 2.16. The molecule has 0 N–H and O–H groups in total. The number of hydrogen-bond donors (Lipinski definition) is 0. The molecule has 0 bridgehead atoms. The van der Waals surface area contributed by atoms with Crippen LogP contribution in [0.15, 0.2) is 18.2 Å². The maximum atomic E-state index is 9.23. The van der Waals surface area contributed by atoms with Crippen LogP contribution in [-0.2, 0) is 5.33 Å². The van der Waals surface area contributed by atoms with Gasteiger partial charge in [0.15, 0.2) is 0 Å². The van der Waals surface area contributed by atoms with Gasteiger partial charge in [-0.3, -0.25) is 0 Å². The van der Waals surface area contributed by atoms with Crippen LogP contribution in [0, 0.1) is 25.2 Å². The second kappa shape index (κ2) is 5.13. The van der Waals surface area contributed by atoms with Crippen LogP contribution in [0.3, 0.4) is 0 Å². The van der Waals surface area contributed by atoms with Crippen molar-refractivity contribution in [1.82, 2.24) is 9.78 Å². The van der Waals surface area contributed by atoms with E-state index in [9.17, 15) is 5.26 Å². The number of hydrogen-bond acceptors (Lipinski definition) is 2. The highest BCUT2D eigenvalue weighted by Gasteiger charge is 2.13. The minimum atomic E-state index is 0.592. The fourth-order valence-electron chi connectivity index (χ4n) is 1.80. The second-order valence-corrected chi connectivity index (χ2v) is 4.93. The summed E-state index contributed by atoms with van der Waals surface area (Å²) in [5, 5.41) is 15.0. The zero-order chi connectivity index (χ0) is 13.3. The van der Waals surface area contributed by atoms with Gasteiger partial charge >= 0.3 is 0 Å². The van der Waals surface area contributed by atoms with Gasteiger partial charge in [-0.2, -0.15) is 10.4 Å². The van der Waals surface area contributed by atoms with Crippen molar-refractivity contribution in [2.24, 2.45) is 0 Å². The molecule has 1 heterocycles. The third-order valence-corrected chi connectivity index (χ3v) is 3.96. The van der Waals surface area contributed by atoms with Crippen molar-refractivity contribution in [3.05, 3.63) is 45.7 Å². The first-order valence-corrected chi connectivity index (χ1v) is 6.89. The third-order valence-electron chi connectivity index (χ3n) is 2.77. The lowest BCUT2D eigenvalue weighted by atomic mass is 10.1. The molecule has 0 aliphatic heterocycles. The lowest BCUT2D eigenvalue weighted by molar-refractivity contribution is 0.830. The minimum absolute atomic E-state index is 0.592. The maximum Gasteiger partial charge on any atom is 0.101 e. The Labute approximate surface area is 119 Å². The number of aromatic nitrogens is 2. The summed E-state index contributed by atoms with van der Waals surface area (Å²) in [4.78, 5) is 0. The van der Waals surface area contributed by atoms with E-state index in [0.717, 1.165) is 28.0 Å². The van der Waals surface area contributed by atoms with Gasteiger partial charge in [0.1, 0.15) is 6.07 Å². The molecule has 5 heteroatoms. The van der Waals surface area contributed by atoms with Crippen LogP contribution in [-0.4, -0.2) is 9.78 Å². The monoisotopic (exact) mass is 323 g/mol. The van der Waals surface area contributed by atoms with Gasteiger partial charge in [-0.1, -0.05) is 33.6 Å². The Kier molecular flexibility index (Phi) is 3.74. The SMILES string of the molecule is Cc1nn(-c2ccc(CBr)cc2C#N)c(C)c1Cl. The lowest BCUT2D eigenvalue weighted by Gasteiger charge is -2.07. The first-order valence-electron chi connectivity index (χ1n) is 5.39. The van der Waals surface area contributed by atoms with Crippen LogP contribution in [0.5, 0.6) is 0 Å². The second-order valence-electron chi connectivity index (χ2n) is 3.99. The summed E-state index contributed by atoms with van der Waals surface area (Å²) in [6.45, 7) is 3.74. The summed E-state index contributed by atoms with van der Waals surface area (Å²) in [5.41, 5.74) is 4.02. The average Bonchev–Trinajstić information content (AvgIpc) is 2.65. The molecule has 1 aromatic carbocycles. The lowest BCUT2D eigenvalue weighted by Crippen LogP contribution is -2.02. The fraction of sp³-hybridized carbons (Fsp3) is 0.231. The van der Waals surface area contributed by atoms with Gasteiger partial charge in [0.05, 0.1) is 27.7 Å². The highest BCUT2D eigenvalue weighted by molar-refractivity contribution is 9.08. The number of nitrogens with zero attached hydrogens (tertiary/aromatic N) is 3. The van der Waals surface area contributed by atoms with Crippen LogP contribution in [0.2, 0.25) is 5.02 Å². The molecule has 1 aromatic heterocycles. The van der Waals surface area contributed by atoms with E-state index in [1.807, 2.05) is 32.0 Å². The molecular formula is C13H11BrClN3. The van der Waals surface area contributed by atoms with E-state index in [1.165, 1.54) is 0 Å². The zero-order valence-corrected chi connectivity index (χ0v) is 12.4. The molecule has 0 atom stereocenters. The number of halogens is 2. The summed E-state index contributed by atoms with van der Waals surface area (Å²) in [5.74, 6) is 0. The molecule has 0 fully saturated rings. The quantitative estimate of drug-likeness (QED) is 0.786. The van der Waals surface area contributed by atoms with Crippen molar-refractivity contribution < 1.29 is 0 Å². The maximum absolute atomic E-state index is 9.23. The molecule has 2 aromatic rings. The highest BCUT2D eigenvalue weighted by Crippen LogP contribution is 2.25. The van der Waals surface area contributed by atoms with E-state index in [0.29, 0.717) is 10.6 Å². The Bertz CT molecular complexity index is 640. The van der Waals surface area contributed by atoms with Gasteiger partial charge < -0.3 is 0 Å². The Balaban J connectivity index is 2.64. The van der Waals surface area contributed by atoms with Gasteiger partial charge in [-0.15, -0.1) is 0 Å². The summed E-state index contributed by atoms with van der Waals surface area (Å²) in [6.07, 6.45) is 0. The first kappa shape index (κ1) is 13.1. The smallest absolute Gasteiger partial charge is 0.101 e. The summed E-state index contributed by atoms with van der Waals surface area (Å²) < 4.78 is 1.72. The zero-order valence-electron chi connectivity index (χ0n) is 10.0. The van der Waals surface area contributed by atoms with Crippen molar-refractivity contribution >= 4 is 27.5 Å². The Hall–Kier alpha value is -1.31. The van der Waals surface area contributed by atoms with Gasteiger partial charge in [0.25, 0.3) is 0 Å².